The molecule has 2 fully saturated rings. The molecule has 4 nitrogen and oxygen atoms in total. The largest absolute Gasteiger partial charge is 0.299 e. The summed E-state index contributed by atoms with van der Waals surface area (Å²) in [5.41, 5.74) is 3.08. The van der Waals surface area contributed by atoms with E-state index in [0.29, 0.717) is 6.42 Å². The molecule has 6 rings (SSSR count). The maximum Gasteiger partial charge on any atom is 0.265 e. The number of hydroxylamine groups is 1. The van der Waals surface area contributed by atoms with Gasteiger partial charge in [-0.1, -0.05) is 97.1 Å². The van der Waals surface area contributed by atoms with Crippen molar-refractivity contribution in [3.63, 3.8) is 0 Å². The van der Waals surface area contributed by atoms with Gasteiger partial charge in [-0.3, -0.25) is 14.5 Å². The van der Waals surface area contributed by atoms with Gasteiger partial charge in [-0.25, -0.2) is 5.06 Å². The van der Waals surface area contributed by atoms with E-state index in [1.54, 1.807) is 0 Å². The third-order valence-electron chi connectivity index (χ3n) is 6.67. The molecule has 4 heteroatoms. The predicted octanol–water partition coefficient (Wildman–Crippen LogP) is 6.10. The normalized spacial score (nSPS) is 24.2. The molecule has 162 valence electrons. The molecule has 0 aliphatic carbocycles. The van der Waals surface area contributed by atoms with Crippen LogP contribution in [-0.4, -0.2) is 11.5 Å². The van der Waals surface area contributed by atoms with Gasteiger partial charge in [0, 0.05) is 12.1 Å². The molecule has 33 heavy (non-hydrogen) atoms. The summed E-state index contributed by atoms with van der Waals surface area (Å²) in [6, 6.07) is 40.2. The first kappa shape index (κ1) is 19.8. The van der Waals surface area contributed by atoms with Gasteiger partial charge in [0.25, 0.3) is 5.91 Å². The van der Waals surface area contributed by atoms with E-state index in [1.165, 1.54) is 0 Å². The number of hydrogen-bond acceptors (Lipinski definition) is 3. The zero-order chi connectivity index (χ0) is 22.3. The summed E-state index contributed by atoms with van der Waals surface area (Å²) in [6.07, 6.45) is 0.577. The summed E-state index contributed by atoms with van der Waals surface area (Å²) in [4.78, 5) is 22.5. The number of amides is 1. The zero-order valence-electron chi connectivity index (χ0n) is 18.1. The molecule has 3 atom stereocenters. The Kier molecular flexibility index (Phi) is 4.74. The van der Waals surface area contributed by atoms with Gasteiger partial charge in [0.2, 0.25) is 5.60 Å². The Labute approximate surface area is 193 Å². The number of rotatable bonds is 4. The topological polar surface area (TPSA) is 32.8 Å². The molecule has 2 heterocycles. The van der Waals surface area contributed by atoms with Gasteiger partial charge in [-0.05, 0) is 35.4 Å². The quantitative estimate of drug-likeness (QED) is 0.366. The van der Waals surface area contributed by atoms with Crippen LogP contribution in [0.1, 0.15) is 29.6 Å². The summed E-state index contributed by atoms with van der Waals surface area (Å²) in [7, 11) is 0. The van der Waals surface area contributed by atoms with Crippen molar-refractivity contribution in [1.82, 2.24) is 0 Å². The third-order valence-corrected chi connectivity index (χ3v) is 6.67. The highest BCUT2D eigenvalue weighted by Crippen LogP contribution is 2.57. The first-order valence-corrected chi connectivity index (χ1v) is 11.3. The maximum absolute atomic E-state index is 13.9. The number of carbonyl (C=O) groups excluding carboxylic acids is 1. The van der Waals surface area contributed by atoms with Gasteiger partial charge in [0.15, 0.2) is 0 Å². The van der Waals surface area contributed by atoms with Crippen LogP contribution in [0.3, 0.4) is 0 Å². The van der Waals surface area contributed by atoms with Crippen molar-refractivity contribution >= 4 is 17.3 Å². The Morgan fingerprint density at radius 1 is 0.636 bits per heavy atom. The van der Waals surface area contributed by atoms with E-state index in [4.69, 9.17) is 4.84 Å². The molecule has 2 saturated heterocycles. The molecular weight excluding hydrogens is 408 g/mol. The molecule has 0 unspecified atom stereocenters. The van der Waals surface area contributed by atoms with E-state index >= 15 is 0 Å². The smallest absolute Gasteiger partial charge is 0.265 e. The average Bonchev–Trinajstić information content (AvgIpc) is 3.32. The van der Waals surface area contributed by atoms with Crippen LogP contribution in [0.5, 0.6) is 0 Å². The molecule has 0 aromatic heterocycles. The molecule has 0 N–H and O–H groups in total. The second kappa shape index (κ2) is 7.91. The zero-order valence-corrected chi connectivity index (χ0v) is 18.1. The molecule has 4 aromatic carbocycles. The molecule has 0 bridgehead atoms. The molecule has 0 saturated carbocycles. The highest BCUT2D eigenvalue weighted by molar-refractivity contribution is 6.09. The Bertz CT molecular complexity index is 1200. The van der Waals surface area contributed by atoms with Gasteiger partial charge in [-0.15, -0.1) is 0 Å². The second-order valence-electron chi connectivity index (χ2n) is 8.60. The Morgan fingerprint density at radius 2 is 1.12 bits per heavy atom. The van der Waals surface area contributed by atoms with Crippen molar-refractivity contribution in [3.8, 4) is 0 Å². The fraction of sp³-hybridized carbons (Fsp3) is 0.138. The van der Waals surface area contributed by atoms with Crippen molar-refractivity contribution in [3.05, 3.63) is 132 Å². The van der Waals surface area contributed by atoms with E-state index in [1.807, 2.05) is 107 Å². The fourth-order valence-corrected chi connectivity index (χ4v) is 5.16. The highest BCUT2D eigenvalue weighted by atomic mass is 16.7. The van der Waals surface area contributed by atoms with Crippen molar-refractivity contribution in [2.45, 2.75) is 24.1 Å². The molecule has 2 aliphatic rings. The summed E-state index contributed by atoms with van der Waals surface area (Å²) in [5, 5.41) is 1.94. The molecular formula is C29H24N2O2. The standard InChI is InChI=1S/C29H24N2O2/c32-28-29(27(23-15-7-2-8-16-23)30(28)24-17-9-3-10-18-24)21-26(22-13-5-1-6-14-22)31(33-29)25-19-11-4-12-20-25/h1-20,26-27H,21H2/t26-,27-,29-/m1/s1. The van der Waals surface area contributed by atoms with Crippen molar-refractivity contribution < 1.29 is 9.63 Å². The van der Waals surface area contributed by atoms with Crippen molar-refractivity contribution in [2.24, 2.45) is 0 Å². The van der Waals surface area contributed by atoms with Gasteiger partial charge in [0.05, 0.1) is 11.7 Å². The minimum Gasteiger partial charge on any atom is -0.299 e. The van der Waals surface area contributed by atoms with E-state index in [2.05, 4.69) is 24.3 Å². The maximum atomic E-state index is 13.9. The highest BCUT2D eigenvalue weighted by Gasteiger charge is 2.68. The lowest BCUT2D eigenvalue weighted by atomic mass is 9.73. The van der Waals surface area contributed by atoms with Gasteiger partial charge in [0.1, 0.15) is 6.04 Å². The second-order valence-corrected chi connectivity index (χ2v) is 8.60. The fourth-order valence-electron chi connectivity index (χ4n) is 5.16. The number of anilines is 2. The van der Waals surface area contributed by atoms with Crippen LogP contribution in [0.4, 0.5) is 11.4 Å². The van der Waals surface area contributed by atoms with Crippen LogP contribution < -0.4 is 9.96 Å². The van der Waals surface area contributed by atoms with Crippen LogP contribution in [0, 0.1) is 0 Å². The molecule has 0 radical (unpaired) electrons. The van der Waals surface area contributed by atoms with E-state index in [-0.39, 0.29) is 18.0 Å². The van der Waals surface area contributed by atoms with E-state index < -0.39 is 5.60 Å². The van der Waals surface area contributed by atoms with Crippen molar-refractivity contribution in [1.29, 1.82) is 0 Å². The van der Waals surface area contributed by atoms with Crippen molar-refractivity contribution in [2.75, 3.05) is 9.96 Å². The molecule has 1 spiro atoms. The minimum absolute atomic E-state index is 0.00177. The van der Waals surface area contributed by atoms with Crippen LogP contribution in [0.25, 0.3) is 0 Å². The van der Waals surface area contributed by atoms with E-state index in [9.17, 15) is 4.79 Å². The SMILES string of the molecule is O=C1N(c2ccccc2)[C@H](c2ccccc2)[C@]12C[C@H](c1ccccc1)N(c1ccccc1)O2. The van der Waals surface area contributed by atoms with Gasteiger partial charge >= 0.3 is 0 Å². The Hall–Kier alpha value is -3.89. The number of β-lactam (4-membered cyclic amide) rings is 1. The first-order chi connectivity index (χ1) is 16.3. The van der Waals surface area contributed by atoms with Crippen LogP contribution >= 0.6 is 0 Å². The Morgan fingerprint density at radius 3 is 1.70 bits per heavy atom. The van der Waals surface area contributed by atoms with Crippen LogP contribution in [0.2, 0.25) is 0 Å². The summed E-state index contributed by atoms with van der Waals surface area (Å²) in [6.45, 7) is 0. The van der Waals surface area contributed by atoms with E-state index in [0.717, 1.165) is 22.5 Å². The Balaban J connectivity index is 1.47. The number of carbonyl (C=O) groups is 1. The predicted molar refractivity (Wildman–Crippen MR) is 130 cm³/mol. The minimum atomic E-state index is -0.965. The number of benzene rings is 4. The van der Waals surface area contributed by atoms with Gasteiger partial charge in [-0.2, -0.15) is 0 Å². The number of para-hydroxylation sites is 2. The lowest BCUT2D eigenvalue weighted by Gasteiger charge is -2.53. The average molecular weight is 433 g/mol. The van der Waals surface area contributed by atoms with Crippen LogP contribution in [0.15, 0.2) is 121 Å². The monoisotopic (exact) mass is 432 g/mol. The summed E-state index contributed by atoms with van der Waals surface area (Å²) < 4.78 is 0. The van der Waals surface area contributed by atoms with Crippen LogP contribution in [-0.2, 0) is 9.63 Å². The lowest BCUT2D eigenvalue weighted by Crippen LogP contribution is -2.69. The number of nitrogens with zero attached hydrogens (tertiary/aromatic N) is 2. The third kappa shape index (κ3) is 3.14. The number of hydrogen-bond donors (Lipinski definition) is 0. The summed E-state index contributed by atoms with van der Waals surface area (Å²) >= 11 is 0. The summed E-state index contributed by atoms with van der Waals surface area (Å²) in [5.74, 6) is 0.00177. The lowest BCUT2D eigenvalue weighted by molar-refractivity contribution is -0.158. The first-order valence-electron chi connectivity index (χ1n) is 11.3. The molecule has 1 amide bonds. The molecule has 4 aromatic rings. The molecule has 2 aliphatic heterocycles. The van der Waals surface area contributed by atoms with Gasteiger partial charge < -0.3 is 0 Å².